The second kappa shape index (κ2) is 8.13. The first-order valence-electron chi connectivity index (χ1n) is 9.42. The van der Waals surface area contributed by atoms with Gasteiger partial charge in [-0.25, -0.2) is 0 Å². The van der Waals surface area contributed by atoms with Gasteiger partial charge in [0.2, 0.25) is 5.91 Å². The van der Waals surface area contributed by atoms with Crippen molar-refractivity contribution in [2.24, 2.45) is 0 Å². The van der Waals surface area contributed by atoms with Gasteiger partial charge in [0.15, 0.2) is 0 Å². The van der Waals surface area contributed by atoms with Crippen molar-refractivity contribution >= 4 is 5.91 Å². The number of benzene rings is 1. The van der Waals surface area contributed by atoms with E-state index in [4.69, 9.17) is 0 Å². The number of nitrogens with zero attached hydrogens (tertiary/aromatic N) is 2. The fourth-order valence-electron chi connectivity index (χ4n) is 4.08. The van der Waals surface area contributed by atoms with Crippen LogP contribution in [0.15, 0.2) is 30.3 Å². The van der Waals surface area contributed by atoms with Crippen LogP contribution in [-0.4, -0.2) is 54.5 Å². The fourth-order valence-corrected chi connectivity index (χ4v) is 4.08. The van der Waals surface area contributed by atoms with Crippen molar-refractivity contribution in [2.45, 2.75) is 57.2 Å². The van der Waals surface area contributed by atoms with Crippen molar-refractivity contribution in [3.63, 3.8) is 0 Å². The van der Waals surface area contributed by atoms with Crippen LogP contribution >= 0.6 is 0 Å². The highest BCUT2D eigenvalue weighted by atomic mass is 16.2. The molecule has 1 aromatic carbocycles. The van der Waals surface area contributed by atoms with E-state index >= 15 is 0 Å². The van der Waals surface area contributed by atoms with E-state index in [1.54, 1.807) is 0 Å². The Kier molecular flexibility index (Phi) is 5.90. The molecule has 0 radical (unpaired) electrons. The van der Waals surface area contributed by atoms with Gasteiger partial charge in [0.25, 0.3) is 0 Å². The minimum Gasteiger partial charge on any atom is -0.344 e. The second-order valence-electron chi connectivity index (χ2n) is 7.43. The molecule has 3 rings (SSSR count). The smallest absolute Gasteiger partial charge is 0.222 e. The van der Waals surface area contributed by atoms with E-state index in [0.717, 1.165) is 32.5 Å². The lowest BCUT2D eigenvalue weighted by molar-refractivity contribution is -0.129. The van der Waals surface area contributed by atoms with Gasteiger partial charge in [-0.1, -0.05) is 30.3 Å². The van der Waals surface area contributed by atoms with Gasteiger partial charge in [0.05, 0.1) is 0 Å². The third-order valence-corrected chi connectivity index (χ3v) is 5.69. The lowest BCUT2D eigenvalue weighted by Gasteiger charge is -2.38. The summed E-state index contributed by atoms with van der Waals surface area (Å²) in [6, 6.07) is 12.4. The van der Waals surface area contributed by atoms with Crippen LogP contribution in [0.25, 0.3) is 0 Å². The number of piperidine rings is 1. The third-order valence-electron chi connectivity index (χ3n) is 5.69. The second-order valence-corrected chi connectivity index (χ2v) is 7.43. The van der Waals surface area contributed by atoms with E-state index < -0.39 is 0 Å². The molecule has 2 unspecified atom stereocenters. The summed E-state index contributed by atoms with van der Waals surface area (Å²) in [4.78, 5) is 16.3. The Balaban J connectivity index is 1.47. The van der Waals surface area contributed by atoms with Crippen molar-refractivity contribution in [2.75, 3.05) is 26.7 Å². The highest BCUT2D eigenvalue weighted by Gasteiger charge is 2.27. The summed E-state index contributed by atoms with van der Waals surface area (Å²) >= 11 is 0. The molecule has 1 amide bonds. The molecule has 0 aromatic heterocycles. The summed E-state index contributed by atoms with van der Waals surface area (Å²) in [7, 11) is 1.94. The van der Waals surface area contributed by atoms with Crippen LogP contribution in [0.4, 0.5) is 0 Å². The van der Waals surface area contributed by atoms with E-state index in [0.29, 0.717) is 30.5 Å². The summed E-state index contributed by atoms with van der Waals surface area (Å²) in [6.07, 6.45) is 5.25. The molecule has 132 valence electrons. The number of likely N-dealkylation sites (tertiary alicyclic amines) is 2. The first kappa shape index (κ1) is 17.4. The number of nitrogens with one attached hydrogen (secondary N) is 1. The standard InChI is InChI=1S/C20H31N3O/c1-16(17-7-4-3-5-8-17)23-13-11-18(12-14-23)21-19-9-6-10-20(24)22(2)15-19/h3-5,7-8,16,18-19,21H,6,9-15H2,1-2H3. The van der Waals surface area contributed by atoms with Gasteiger partial charge < -0.3 is 10.2 Å². The van der Waals surface area contributed by atoms with Crippen LogP contribution in [0.2, 0.25) is 0 Å². The Morgan fingerprint density at radius 1 is 1.08 bits per heavy atom. The topological polar surface area (TPSA) is 35.6 Å². The highest BCUT2D eigenvalue weighted by molar-refractivity contribution is 5.76. The van der Waals surface area contributed by atoms with Crippen LogP contribution < -0.4 is 5.32 Å². The first-order chi connectivity index (χ1) is 11.6. The minimum atomic E-state index is 0.297. The van der Waals surface area contributed by atoms with Gasteiger partial charge >= 0.3 is 0 Å². The minimum absolute atomic E-state index is 0.297. The van der Waals surface area contributed by atoms with E-state index in [1.165, 1.54) is 18.4 Å². The molecule has 2 saturated heterocycles. The van der Waals surface area contributed by atoms with Crippen LogP contribution in [0.1, 0.15) is 50.6 Å². The molecular formula is C20H31N3O. The van der Waals surface area contributed by atoms with Crippen molar-refractivity contribution in [3.05, 3.63) is 35.9 Å². The predicted octanol–water partition coefficient (Wildman–Crippen LogP) is 2.81. The molecule has 24 heavy (non-hydrogen) atoms. The molecule has 1 aromatic rings. The number of carbonyl (C=O) groups is 1. The molecule has 0 spiro atoms. The van der Waals surface area contributed by atoms with Gasteiger partial charge in [-0.15, -0.1) is 0 Å². The lowest BCUT2D eigenvalue weighted by Crippen LogP contribution is -2.49. The van der Waals surface area contributed by atoms with E-state index in [2.05, 4.69) is 47.5 Å². The molecule has 4 nitrogen and oxygen atoms in total. The summed E-state index contributed by atoms with van der Waals surface area (Å²) in [5, 5.41) is 3.83. The molecule has 0 saturated carbocycles. The predicted molar refractivity (Wildman–Crippen MR) is 97.9 cm³/mol. The number of likely N-dealkylation sites (N-methyl/N-ethyl adjacent to an activating group) is 1. The monoisotopic (exact) mass is 329 g/mol. The highest BCUT2D eigenvalue weighted by Crippen LogP contribution is 2.24. The summed E-state index contributed by atoms with van der Waals surface area (Å²) < 4.78 is 0. The van der Waals surface area contributed by atoms with Crippen molar-refractivity contribution in [1.29, 1.82) is 0 Å². The van der Waals surface area contributed by atoms with Crippen LogP contribution in [0, 0.1) is 0 Å². The largest absolute Gasteiger partial charge is 0.344 e. The zero-order valence-corrected chi connectivity index (χ0v) is 15.1. The van der Waals surface area contributed by atoms with Gasteiger partial charge in [0, 0.05) is 51.2 Å². The molecule has 1 N–H and O–H groups in total. The van der Waals surface area contributed by atoms with E-state index in [9.17, 15) is 4.79 Å². The molecule has 2 fully saturated rings. The Labute approximate surface area is 146 Å². The summed E-state index contributed by atoms with van der Waals surface area (Å²) in [5.41, 5.74) is 1.41. The summed E-state index contributed by atoms with van der Waals surface area (Å²) in [5.74, 6) is 0.297. The van der Waals surface area contributed by atoms with Crippen molar-refractivity contribution in [3.8, 4) is 0 Å². The average molecular weight is 329 g/mol. The number of hydrogen-bond acceptors (Lipinski definition) is 3. The molecular weight excluding hydrogens is 298 g/mol. The van der Waals surface area contributed by atoms with Crippen molar-refractivity contribution < 1.29 is 4.79 Å². The molecule has 2 heterocycles. The molecule has 4 heteroatoms. The molecule has 0 bridgehead atoms. The van der Waals surface area contributed by atoms with Crippen molar-refractivity contribution in [1.82, 2.24) is 15.1 Å². The van der Waals surface area contributed by atoms with Gasteiger partial charge in [-0.2, -0.15) is 0 Å². The average Bonchev–Trinajstić information content (AvgIpc) is 2.77. The van der Waals surface area contributed by atoms with Gasteiger partial charge in [-0.05, 0) is 38.2 Å². The first-order valence-corrected chi connectivity index (χ1v) is 9.42. The maximum absolute atomic E-state index is 11.8. The SMILES string of the molecule is CC(c1ccccc1)N1CCC(NC2CCCC(=O)N(C)C2)CC1. The fraction of sp³-hybridized carbons (Fsp3) is 0.650. The van der Waals surface area contributed by atoms with E-state index in [-0.39, 0.29) is 0 Å². The number of rotatable bonds is 4. The van der Waals surface area contributed by atoms with Gasteiger partial charge in [-0.3, -0.25) is 9.69 Å². The Hall–Kier alpha value is -1.39. The number of amides is 1. The quantitative estimate of drug-likeness (QED) is 0.923. The normalized spacial score (nSPS) is 25.5. The Morgan fingerprint density at radius 3 is 2.50 bits per heavy atom. The van der Waals surface area contributed by atoms with Crippen LogP contribution in [0.3, 0.4) is 0 Å². The lowest BCUT2D eigenvalue weighted by atomic mass is 9.99. The third kappa shape index (κ3) is 4.37. The summed E-state index contributed by atoms with van der Waals surface area (Å²) in [6.45, 7) is 5.47. The number of carbonyl (C=O) groups excluding carboxylic acids is 1. The zero-order chi connectivity index (χ0) is 16.9. The zero-order valence-electron chi connectivity index (χ0n) is 15.1. The molecule has 2 atom stereocenters. The number of hydrogen-bond donors (Lipinski definition) is 1. The molecule has 2 aliphatic rings. The maximum Gasteiger partial charge on any atom is 0.222 e. The van der Waals surface area contributed by atoms with Crippen LogP contribution in [-0.2, 0) is 4.79 Å². The Bertz CT molecular complexity index is 525. The Morgan fingerprint density at radius 2 is 1.79 bits per heavy atom. The molecule has 0 aliphatic carbocycles. The van der Waals surface area contributed by atoms with Crippen LogP contribution in [0.5, 0.6) is 0 Å². The van der Waals surface area contributed by atoms with E-state index in [1.807, 2.05) is 11.9 Å². The van der Waals surface area contributed by atoms with Gasteiger partial charge in [0.1, 0.15) is 0 Å². The maximum atomic E-state index is 11.8. The molecule has 2 aliphatic heterocycles.